The SMILES string of the molecule is CCC(C)(C)c1cc(Nc2ncccc2C(=O)O)n(-c2ccccc2C)n1. The van der Waals surface area contributed by atoms with E-state index in [1.165, 1.54) is 6.07 Å². The number of para-hydroxylation sites is 1. The van der Waals surface area contributed by atoms with Crippen LogP contribution in [-0.4, -0.2) is 25.8 Å². The van der Waals surface area contributed by atoms with Gasteiger partial charge in [0.25, 0.3) is 0 Å². The highest BCUT2D eigenvalue weighted by Crippen LogP contribution is 2.31. The standard InChI is InChI=1S/C21H24N4O2/c1-5-21(3,4)17-13-18(23-19-15(20(26)27)10-8-12-22-19)25(24-17)16-11-7-6-9-14(16)2/h6-13H,5H2,1-4H3,(H,22,23)(H,26,27). The molecule has 0 atom stereocenters. The zero-order valence-corrected chi connectivity index (χ0v) is 16.0. The molecule has 0 spiro atoms. The molecule has 0 saturated carbocycles. The van der Waals surface area contributed by atoms with Gasteiger partial charge in [0.05, 0.1) is 11.4 Å². The highest BCUT2D eigenvalue weighted by Gasteiger charge is 2.25. The number of carboxylic acid groups (broad SMARTS) is 1. The van der Waals surface area contributed by atoms with Crippen LogP contribution in [0, 0.1) is 6.92 Å². The summed E-state index contributed by atoms with van der Waals surface area (Å²) in [6.45, 7) is 8.44. The second kappa shape index (κ2) is 7.23. The monoisotopic (exact) mass is 364 g/mol. The topological polar surface area (TPSA) is 80.0 Å². The van der Waals surface area contributed by atoms with Crippen LogP contribution in [0.1, 0.15) is 48.8 Å². The second-order valence-electron chi connectivity index (χ2n) is 7.18. The summed E-state index contributed by atoms with van der Waals surface area (Å²) in [5.41, 5.74) is 2.95. The first-order chi connectivity index (χ1) is 12.8. The lowest BCUT2D eigenvalue weighted by Gasteiger charge is -2.19. The fourth-order valence-electron chi connectivity index (χ4n) is 2.77. The van der Waals surface area contributed by atoms with Gasteiger partial charge >= 0.3 is 5.97 Å². The lowest BCUT2D eigenvalue weighted by atomic mass is 9.87. The number of carboxylic acids is 1. The van der Waals surface area contributed by atoms with Crippen LogP contribution in [0.5, 0.6) is 0 Å². The van der Waals surface area contributed by atoms with Gasteiger partial charge in [-0.15, -0.1) is 0 Å². The first-order valence-electron chi connectivity index (χ1n) is 8.95. The molecule has 3 aromatic rings. The highest BCUT2D eigenvalue weighted by atomic mass is 16.4. The van der Waals surface area contributed by atoms with Crippen molar-refractivity contribution in [1.82, 2.24) is 14.8 Å². The normalized spacial score (nSPS) is 11.4. The maximum Gasteiger partial charge on any atom is 0.339 e. The minimum Gasteiger partial charge on any atom is -0.478 e. The molecule has 6 heteroatoms. The van der Waals surface area contributed by atoms with Gasteiger partial charge in [-0.1, -0.05) is 39.0 Å². The molecule has 27 heavy (non-hydrogen) atoms. The Morgan fingerprint density at radius 2 is 1.96 bits per heavy atom. The molecular weight excluding hydrogens is 340 g/mol. The highest BCUT2D eigenvalue weighted by molar-refractivity contribution is 5.93. The van der Waals surface area contributed by atoms with Gasteiger partial charge in [-0.25, -0.2) is 14.5 Å². The summed E-state index contributed by atoms with van der Waals surface area (Å²) < 4.78 is 1.82. The minimum atomic E-state index is -1.03. The molecule has 2 N–H and O–H groups in total. The molecule has 0 fully saturated rings. The number of aryl methyl sites for hydroxylation is 1. The summed E-state index contributed by atoms with van der Waals surface area (Å²) in [4.78, 5) is 15.7. The third-order valence-electron chi connectivity index (χ3n) is 4.91. The number of aromatic nitrogens is 3. The van der Waals surface area contributed by atoms with Gasteiger partial charge in [0.1, 0.15) is 17.2 Å². The van der Waals surface area contributed by atoms with E-state index in [9.17, 15) is 9.90 Å². The summed E-state index contributed by atoms with van der Waals surface area (Å²) >= 11 is 0. The van der Waals surface area contributed by atoms with Crippen LogP contribution in [0.4, 0.5) is 11.6 Å². The first-order valence-corrected chi connectivity index (χ1v) is 8.95. The van der Waals surface area contributed by atoms with Gasteiger partial charge in [0.15, 0.2) is 0 Å². The molecule has 2 aromatic heterocycles. The van der Waals surface area contributed by atoms with Gasteiger partial charge < -0.3 is 10.4 Å². The molecule has 0 radical (unpaired) electrons. The molecule has 0 aliphatic carbocycles. The fraction of sp³-hybridized carbons (Fsp3) is 0.286. The molecule has 140 valence electrons. The summed E-state index contributed by atoms with van der Waals surface area (Å²) in [7, 11) is 0. The van der Waals surface area contributed by atoms with E-state index in [0.717, 1.165) is 23.4 Å². The fourth-order valence-corrected chi connectivity index (χ4v) is 2.77. The third-order valence-corrected chi connectivity index (χ3v) is 4.91. The molecule has 0 aliphatic rings. The predicted octanol–water partition coefficient (Wildman–Crippen LogP) is 4.71. The number of nitrogens with zero attached hydrogens (tertiary/aromatic N) is 3. The maximum atomic E-state index is 11.5. The predicted molar refractivity (Wildman–Crippen MR) is 106 cm³/mol. The molecule has 0 saturated heterocycles. The van der Waals surface area contributed by atoms with Crippen LogP contribution in [0.15, 0.2) is 48.7 Å². The number of benzene rings is 1. The van der Waals surface area contributed by atoms with Crippen molar-refractivity contribution in [2.45, 2.75) is 39.5 Å². The Labute approximate surface area is 158 Å². The molecule has 0 bridgehead atoms. The number of rotatable bonds is 6. The van der Waals surface area contributed by atoms with E-state index < -0.39 is 5.97 Å². The van der Waals surface area contributed by atoms with Crippen LogP contribution < -0.4 is 5.32 Å². The Bertz CT molecular complexity index is 976. The van der Waals surface area contributed by atoms with Crippen molar-refractivity contribution < 1.29 is 9.90 Å². The van der Waals surface area contributed by atoms with Crippen LogP contribution in [0.3, 0.4) is 0 Å². The molecule has 1 aromatic carbocycles. The van der Waals surface area contributed by atoms with Crippen molar-refractivity contribution >= 4 is 17.6 Å². The number of anilines is 2. The van der Waals surface area contributed by atoms with Crippen LogP contribution in [0.2, 0.25) is 0 Å². The first kappa shape index (κ1) is 18.6. The number of pyridine rings is 1. The van der Waals surface area contributed by atoms with Crippen molar-refractivity contribution in [1.29, 1.82) is 0 Å². The number of hydrogen-bond acceptors (Lipinski definition) is 4. The Balaban J connectivity index is 2.14. The summed E-state index contributed by atoms with van der Waals surface area (Å²) in [5, 5.41) is 17.5. The summed E-state index contributed by atoms with van der Waals surface area (Å²) in [5.74, 6) is -0.0516. The zero-order valence-electron chi connectivity index (χ0n) is 16.0. The minimum absolute atomic E-state index is 0.107. The molecule has 0 unspecified atom stereocenters. The number of hydrogen-bond donors (Lipinski definition) is 2. The van der Waals surface area contributed by atoms with Gasteiger partial charge in [-0.05, 0) is 37.1 Å². The maximum absolute atomic E-state index is 11.5. The quantitative estimate of drug-likeness (QED) is 0.662. The molecule has 6 nitrogen and oxygen atoms in total. The largest absolute Gasteiger partial charge is 0.478 e. The van der Waals surface area contributed by atoms with Crippen molar-refractivity contribution in [3.63, 3.8) is 0 Å². The van der Waals surface area contributed by atoms with Crippen molar-refractivity contribution in [3.8, 4) is 5.69 Å². The van der Waals surface area contributed by atoms with Gasteiger partial charge in [0.2, 0.25) is 0 Å². The molecule has 2 heterocycles. The van der Waals surface area contributed by atoms with E-state index in [1.54, 1.807) is 12.3 Å². The Morgan fingerprint density at radius 1 is 1.22 bits per heavy atom. The van der Waals surface area contributed by atoms with E-state index in [4.69, 9.17) is 5.10 Å². The van der Waals surface area contributed by atoms with E-state index in [2.05, 4.69) is 31.1 Å². The third kappa shape index (κ3) is 3.69. The number of carbonyl (C=O) groups is 1. The Hall–Kier alpha value is -3.15. The molecular formula is C21H24N4O2. The molecule has 0 aliphatic heterocycles. The lowest BCUT2D eigenvalue weighted by molar-refractivity contribution is 0.0697. The van der Waals surface area contributed by atoms with E-state index in [0.29, 0.717) is 11.6 Å². The van der Waals surface area contributed by atoms with Crippen LogP contribution in [-0.2, 0) is 5.41 Å². The van der Waals surface area contributed by atoms with Crippen LogP contribution >= 0.6 is 0 Å². The smallest absolute Gasteiger partial charge is 0.339 e. The number of aromatic carboxylic acids is 1. The molecule has 3 rings (SSSR count). The number of nitrogens with one attached hydrogen (secondary N) is 1. The van der Waals surface area contributed by atoms with Crippen molar-refractivity contribution in [3.05, 3.63) is 65.5 Å². The zero-order chi connectivity index (χ0) is 19.6. The average Bonchev–Trinajstić information content (AvgIpc) is 3.07. The summed E-state index contributed by atoms with van der Waals surface area (Å²) in [6.07, 6.45) is 2.50. The second-order valence-corrected chi connectivity index (χ2v) is 7.18. The van der Waals surface area contributed by atoms with E-state index in [1.807, 2.05) is 41.9 Å². The van der Waals surface area contributed by atoms with E-state index in [-0.39, 0.29) is 11.0 Å². The Kier molecular flexibility index (Phi) is 4.99. The van der Waals surface area contributed by atoms with Crippen molar-refractivity contribution in [2.75, 3.05) is 5.32 Å². The van der Waals surface area contributed by atoms with Gasteiger partial charge in [-0.3, -0.25) is 0 Å². The lowest BCUT2D eigenvalue weighted by Crippen LogP contribution is -2.16. The molecule has 0 amide bonds. The van der Waals surface area contributed by atoms with E-state index >= 15 is 0 Å². The van der Waals surface area contributed by atoms with Gasteiger partial charge in [-0.2, -0.15) is 5.10 Å². The van der Waals surface area contributed by atoms with Crippen molar-refractivity contribution in [2.24, 2.45) is 0 Å². The van der Waals surface area contributed by atoms with Crippen LogP contribution in [0.25, 0.3) is 5.69 Å². The van der Waals surface area contributed by atoms with Gasteiger partial charge in [0, 0.05) is 17.7 Å². The summed E-state index contributed by atoms with van der Waals surface area (Å²) in [6, 6.07) is 13.1. The Morgan fingerprint density at radius 3 is 2.63 bits per heavy atom. The average molecular weight is 364 g/mol.